The van der Waals surface area contributed by atoms with Gasteiger partial charge in [0.15, 0.2) is 0 Å². The smallest absolute Gasteiger partial charge is 0.334 e. The zero-order chi connectivity index (χ0) is 18.7. The fraction of sp³-hybridized carbons (Fsp3) is 0.579. The summed E-state index contributed by atoms with van der Waals surface area (Å²) in [4.78, 5) is 27.9. The zero-order valence-electron chi connectivity index (χ0n) is 14.6. The number of amides is 2. The van der Waals surface area contributed by atoms with Crippen LogP contribution in [0, 0.1) is 0 Å². The molecular weight excluding hydrogens is 345 g/mol. The molecule has 0 unspecified atom stereocenters. The molecule has 1 aromatic carbocycles. The molecule has 1 saturated carbocycles. The van der Waals surface area contributed by atoms with Crippen molar-refractivity contribution in [3.8, 4) is 0 Å². The Morgan fingerprint density at radius 3 is 2.58 bits per heavy atom. The molecule has 26 heavy (non-hydrogen) atoms. The molecule has 0 atom stereocenters. The van der Waals surface area contributed by atoms with Gasteiger partial charge in [0, 0.05) is 25.6 Å². The summed E-state index contributed by atoms with van der Waals surface area (Å²) in [5.74, 6) is -0.304. The van der Waals surface area contributed by atoms with Crippen LogP contribution in [0.2, 0.25) is 0 Å². The second-order valence-electron chi connectivity index (χ2n) is 7.03. The van der Waals surface area contributed by atoms with Gasteiger partial charge in [-0.05, 0) is 37.3 Å². The van der Waals surface area contributed by atoms with Crippen LogP contribution < -0.4 is 0 Å². The van der Waals surface area contributed by atoms with E-state index >= 15 is 0 Å². The minimum Gasteiger partial charge on any atom is -0.334 e. The Labute approximate surface area is 151 Å². The van der Waals surface area contributed by atoms with E-state index in [0.717, 1.165) is 38.2 Å². The molecule has 2 fully saturated rings. The van der Waals surface area contributed by atoms with Crippen LogP contribution in [-0.4, -0.2) is 40.7 Å². The van der Waals surface area contributed by atoms with E-state index in [1.54, 1.807) is 11.0 Å². The average molecular weight is 368 g/mol. The molecule has 1 aromatic rings. The van der Waals surface area contributed by atoms with Crippen LogP contribution in [0.1, 0.15) is 49.7 Å². The van der Waals surface area contributed by atoms with E-state index in [2.05, 4.69) is 0 Å². The van der Waals surface area contributed by atoms with Crippen LogP contribution >= 0.6 is 0 Å². The Kier molecular flexibility index (Phi) is 5.53. The third-order valence-corrected chi connectivity index (χ3v) is 4.97. The Bertz CT molecular complexity index is 671. The molecular formula is C19H23F3N2O2. The van der Waals surface area contributed by atoms with E-state index in [4.69, 9.17) is 0 Å². The summed E-state index contributed by atoms with van der Waals surface area (Å²) in [5, 5.41) is 0. The first-order valence-electron chi connectivity index (χ1n) is 9.08. The Balaban J connectivity index is 1.74. The highest BCUT2D eigenvalue weighted by Crippen LogP contribution is 2.35. The highest BCUT2D eigenvalue weighted by molar-refractivity contribution is 5.85. The van der Waals surface area contributed by atoms with Crippen LogP contribution in [0.5, 0.6) is 0 Å². The normalized spacial score (nSPS) is 18.6. The number of hydrogen-bond donors (Lipinski definition) is 0. The maximum Gasteiger partial charge on any atom is 0.416 e. The quantitative estimate of drug-likeness (QED) is 0.797. The molecule has 142 valence electrons. The largest absolute Gasteiger partial charge is 0.416 e. The van der Waals surface area contributed by atoms with Gasteiger partial charge in [-0.1, -0.05) is 24.6 Å². The van der Waals surface area contributed by atoms with Gasteiger partial charge in [0.05, 0.1) is 12.1 Å². The van der Waals surface area contributed by atoms with Gasteiger partial charge in [-0.25, -0.2) is 0 Å². The summed E-state index contributed by atoms with van der Waals surface area (Å²) >= 11 is 0. The van der Waals surface area contributed by atoms with Crippen molar-refractivity contribution in [2.24, 2.45) is 0 Å². The maximum atomic E-state index is 13.2. The van der Waals surface area contributed by atoms with E-state index in [1.165, 1.54) is 17.0 Å². The van der Waals surface area contributed by atoms with E-state index in [0.29, 0.717) is 13.0 Å². The number of rotatable bonds is 5. The van der Waals surface area contributed by atoms with Crippen molar-refractivity contribution in [2.75, 3.05) is 13.1 Å². The van der Waals surface area contributed by atoms with Crippen LogP contribution in [0.25, 0.3) is 0 Å². The molecule has 1 aliphatic carbocycles. The van der Waals surface area contributed by atoms with Gasteiger partial charge in [-0.2, -0.15) is 13.2 Å². The highest BCUT2D eigenvalue weighted by atomic mass is 19.4. The summed E-state index contributed by atoms with van der Waals surface area (Å²) < 4.78 is 39.7. The fourth-order valence-corrected chi connectivity index (χ4v) is 3.39. The molecule has 0 bridgehead atoms. The van der Waals surface area contributed by atoms with E-state index in [-0.39, 0.29) is 36.5 Å². The molecule has 3 rings (SSSR count). The monoisotopic (exact) mass is 368 g/mol. The van der Waals surface area contributed by atoms with Crippen LogP contribution in [0.3, 0.4) is 0 Å². The molecule has 1 aliphatic heterocycles. The van der Waals surface area contributed by atoms with Crippen LogP contribution in [0.15, 0.2) is 24.3 Å². The first-order valence-corrected chi connectivity index (χ1v) is 9.08. The van der Waals surface area contributed by atoms with Crippen molar-refractivity contribution >= 4 is 11.8 Å². The number of alkyl halides is 3. The minimum atomic E-state index is -4.45. The average Bonchev–Trinajstić information content (AvgIpc) is 3.42. The first-order chi connectivity index (χ1) is 12.4. The number of hydrogen-bond acceptors (Lipinski definition) is 2. The summed E-state index contributed by atoms with van der Waals surface area (Å²) in [6, 6.07) is 5.35. The molecule has 0 N–H and O–H groups in total. The minimum absolute atomic E-state index is 0.0223. The predicted molar refractivity (Wildman–Crippen MR) is 90.1 cm³/mol. The Hall–Kier alpha value is -2.05. The number of benzene rings is 1. The summed E-state index contributed by atoms with van der Waals surface area (Å²) in [6.07, 6.45) is 0.237. The van der Waals surface area contributed by atoms with Gasteiger partial charge < -0.3 is 9.80 Å². The highest BCUT2D eigenvalue weighted by Gasteiger charge is 2.37. The third kappa shape index (κ3) is 4.56. The molecule has 1 heterocycles. The maximum absolute atomic E-state index is 13.2. The second kappa shape index (κ2) is 7.68. The number of likely N-dealkylation sites (tertiary alicyclic amines) is 1. The van der Waals surface area contributed by atoms with Crippen molar-refractivity contribution in [2.45, 2.75) is 57.3 Å². The lowest BCUT2D eigenvalue weighted by molar-refractivity contribution is -0.142. The van der Waals surface area contributed by atoms with Crippen molar-refractivity contribution in [3.63, 3.8) is 0 Å². The van der Waals surface area contributed by atoms with Crippen LogP contribution in [-0.2, 0) is 22.3 Å². The lowest BCUT2D eigenvalue weighted by atomic mass is 10.1. The number of carbonyl (C=O) groups is 2. The summed E-state index contributed by atoms with van der Waals surface area (Å²) in [7, 11) is 0. The molecule has 0 radical (unpaired) electrons. The first kappa shape index (κ1) is 18.7. The Morgan fingerprint density at radius 2 is 1.88 bits per heavy atom. The van der Waals surface area contributed by atoms with Gasteiger partial charge >= 0.3 is 6.18 Å². The SMILES string of the molecule is O=C1CCCCCN1CC(=O)N(Cc1ccccc1C(F)(F)F)C1CC1. The van der Waals surface area contributed by atoms with E-state index in [1.807, 2.05) is 0 Å². The van der Waals surface area contributed by atoms with Gasteiger partial charge in [-0.3, -0.25) is 9.59 Å². The summed E-state index contributed by atoms with van der Waals surface area (Å²) in [6.45, 7) is 0.437. The molecule has 7 heteroatoms. The zero-order valence-corrected chi connectivity index (χ0v) is 14.6. The molecule has 0 aromatic heterocycles. The molecule has 1 saturated heterocycles. The number of nitrogens with zero attached hydrogens (tertiary/aromatic N) is 2. The number of carbonyl (C=O) groups excluding carboxylic acids is 2. The van der Waals surface area contributed by atoms with Crippen molar-refractivity contribution in [1.82, 2.24) is 9.80 Å². The lowest BCUT2D eigenvalue weighted by Crippen LogP contribution is -2.43. The van der Waals surface area contributed by atoms with E-state index in [9.17, 15) is 22.8 Å². The standard InChI is InChI=1S/C19H23F3N2O2/c20-19(21,22)16-7-4-3-6-14(16)12-24(15-9-10-15)18(26)13-23-11-5-1-2-8-17(23)25/h3-4,6-7,15H,1-2,5,8-13H2. The lowest BCUT2D eigenvalue weighted by Gasteiger charge is -2.28. The second-order valence-corrected chi connectivity index (χ2v) is 7.03. The molecule has 2 amide bonds. The molecule has 4 nitrogen and oxygen atoms in total. The Morgan fingerprint density at radius 1 is 1.15 bits per heavy atom. The van der Waals surface area contributed by atoms with Crippen molar-refractivity contribution in [1.29, 1.82) is 0 Å². The fourth-order valence-electron chi connectivity index (χ4n) is 3.39. The topological polar surface area (TPSA) is 40.6 Å². The third-order valence-electron chi connectivity index (χ3n) is 4.97. The van der Waals surface area contributed by atoms with Gasteiger partial charge in [0.25, 0.3) is 0 Å². The predicted octanol–water partition coefficient (Wildman–Crippen LogP) is 3.60. The van der Waals surface area contributed by atoms with Crippen molar-refractivity contribution < 1.29 is 22.8 Å². The molecule has 2 aliphatic rings. The summed E-state index contributed by atoms with van der Waals surface area (Å²) in [5.41, 5.74) is -0.605. The molecule has 0 spiro atoms. The number of halogens is 3. The van der Waals surface area contributed by atoms with E-state index < -0.39 is 11.7 Å². The van der Waals surface area contributed by atoms with Gasteiger partial charge in [0.1, 0.15) is 0 Å². The van der Waals surface area contributed by atoms with Gasteiger partial charge in [0.2, 0.25) is 11.8 Å². The van der Waals surface area contributed by atoms with Crippen molar-refractivity contribution in [3.05, 3.63) is 35.4 Å². The van der Waals surface area contributed by atoms with Crippen LogP contribution in [0.4, 0.5) is 13.2 Å². The van der Waals surface area contributed by atoms with Gasteiger partial charge in [-0.15, -0.1) is 0 Å².